The predicted molar refractivity (Wildman–Crippen MR) is 127 cm³/mol. The second-order valence-corrected chi connectivity index (χ2v) is 10.7. The van der Waals surface area contributed by atoms with Gasteiger partial charge < -0.3 is 15.1 Å². The third-order valence-electron chi connectivity index (χ3n) is 5.93. The SMILES string of the molecule is Cc1ccc(NC(=O)N2CCN(C(=O)c3cc(S(=O)(=O)NC4CC4)ccc3C)CC2)cc1Cl. The Kier molecular flexibility index (Phi) is 6.65. The summed E-state index contributed by atoms with van der Waals surface area (Å²) in [5.41, 5.74) is 2.61. The minimum Gasteiger partial charge on any atom is -0.335 e. The molecule has 10 heteroatoms. The highest BCUT2D eigenvalue weighted by atomic mass is 35.5. The molecule has 1 aliphatic heterocycles. The largest absolute Gasteiger partial charge is 0.335 e. The number of hydrogen-bond donors (Lipinski definition) is 2. The number of anilines is 1. The molecule has 2 aliphatic rings. The summed E-state index contributed by atoms with van der Waals surface area (Å²) in [6.45, 7) is 5.14. The summed E-state index contributed by atoms with van der Waals surface area (Å²) in [4.78, 5) is 29.1. The Morgan fingerprint density at radius 1 is 0.939 bits per heavy atom. The number of sulfonamides is 1. The highest BCUT2D eigenvalue weighted by molar-refractivity contribution is 7.89. The van der Waals surface area contributed by atoms with Crippen LogP contribution in [0.4, 0.5) is 10.5 Å². The summed E-state index contributed by atoms with van der Waals surface area (Å²) in [5, 5.41) is 3.41. The Morgan fingerprint density at radius 3 is 2.21 bits per heavy atom. The maximum Gasteiger partial charge on any atom is 0.321 e. The Hall–Kier alpha value is -2.62. The molecule has 1 heterocycles. The fourth-order valence-electron chi connectivity index (χ4n) is 3.64. The minimum atomic E-state index is -3.65. The van der Waals surface area contributed by atoms with Crippen LogP contribution in [0.15, 0.2) is 41.3 Å². The number of piperazine rings is 1. The first-order valence-corrected chi connectivity index (χ1v) is 12.7. The van der Waals surface area contributed by atoms with Crippen molar-refractivity contribution in [2.75, 3.05) is 31.5 Å². The maximum atomic E-state index is 13.1. The van der Waals surface area contributed by atoms with Crippen molar-refractivity contribution in [3.8, 4) is 0 Å². The first-order chi connectivity index (χ1) is 15.6. The molecule has 0 aromatic heterocycles. The lowest BCUT2D eigenvalue weighted by Gasteiger charge is -2.35. The van der Waals surface area contributed by atoms with E-state index in [9.17, 15) is 18.0 Å². The van der Waals surface area contributed by atoms with Crippen LogP contribution in [0.5, 0.6) is 0 Å². The van der Waals surface area contributed by atoms with E-state index >= 15 is 0 Å². The molecule has 3 amide bonds. The lowest BCUT2D eigenvalue weighted by molar-refractivity contribution is 0.0670. The van der Waals surface area contributed by atoms with Gasteiger partial charge in [0.2, 0.25) is 10.0 Å². The van der Waals surface area contributed by atoms with Crippen LogP contribution in [0.1, 0.15) is 34.3 Å². The Bertz CT molecular complexity index is 1190. The van der Waals surface area contributed by atoms with E-state index in [2.05, 4.69) is 10.0 Å². The first kappa shape index (κ1) is 23.5. The summed E-state index contributed by atoms with van der Waals surface area (Å²) >= 11 is 6.12. The fourth-order valence-corrected chi connectivity index (χ4v) is 5.15. The molecule has 0 unspecified atom stereocenters. The fraction of sp³-hybridized carbons (Fsp3) is 0.391. The molecular formula is C23H27ClN4O4S. The van der Waals surface area contributed by atoms with Crippen molar-refractivity contribution < 1.29 is 18.0 Å². The standard InChI is InChI=1S/C23H27ClN4O4S/c1-15-4-8-19(33(31,32)26-17-6-7-17)14-20(15)22(29)27-9-11-28(12-10-27)23(30)25-18-5-3-16(2)21(24)13-18/h3-5,8,13-14,17,26H,6-7,9-12H2,1-2H3,(H,25,30). The second-order valence-electron chi connectivity index (χ2n) is 8.55. The zero-order valence-corrected chi connectivity index (χ0v) is 20.2. The zero-order chi connectivity index (χ0) is 23.8. The average Bonchev–Trinajstić information content (AvgIpc) is 3.59. The molecule has 0 atom stereocenters. The molecule has 1 saturated heterocycles. The Balaban J connectivity index is 1.39. The topological polar surface area (TPSA) is 98.8 Å². The number of carbonyl (C=O) groups is 2. The van der Waals surface area contributed by atoms with Gasteiger partial charge >= 0.3 is 6.03 Å². The van der Waals surface area contributed by atoms with Crippen molar-refractivity contribution in [2.24, 2.45) is 0 Å². The van der Waals surface area contributed by atoms with Gasteiger partial charge in [0.05, 0.1) is 4.90 Å². The highest BCUT2D eigenvalue weighted by Gasteiger charge is 2.30. The average molecular weight is 491 g/mol. The van der Waals surface area contributed by atoms with E-state index in [4.69, 9.17) is 11.6 Å². The molecule has 1 saturated carbocycles. The number of carbonyl (C=O) groups excluding carboxylic acids is 2. The van der Waals surface area contributed by atoms with Gasteiger partial charge in [0, 0.05) is 48.5 Å². The lowest BCUT2D eigenvalue weighted by atomic mass is 10.1. The van der Waals surface area contributed by atoms with Gasteiger partial charge in [-0.25, -0.2) is 17.9 Å². The van der Waals surface area contributed by atoms with Crippen molar-refractivity contribution in [1.82, 2.24) is 14.5 Å². The van der Waals surface area contributed by atoms with Crippen molar-refractivity contribution >= 4 is 39.2 Å². The number of aryl methyl sites for hydroxylation is 2. The molecule has 2 aromatic carbocycles. The molecule has 0 bridgehead atoms. The number of nitrogens with zero attached hydrogens (tertiary/aromatic N) is 2. The van der Waals surface area contributed by atoms with Crippen molar-refractivity contribution in [1.29, 1.82) is 0 Å². The quantitative estimate of drug-likeness (QED) is 0.671. The van der Waals surface area contributed by atoms with Crippen LogP contribution in [0.25, 0.3) is 0 Å². The van der Waals surface area contributed by atoms with Crippen molar-refractivity contribution in [2.45, 2.75) is 37.6 Å². The maximum absolute atomic E-state index is 13.1. The molecule has 0 spiro atoms. The van der Waals surface area contributed by atoms with Gasteiger partial charge in [-0.2, -0.15) is 0 Å². The van der Waals surface area contributed by atoms with Gasteiger partial charge in [0.1, 0.15) is 0 Å². The van der Waals surface area contributed by atoms with Crippen molar-refractivity contribution in [3.05, 3.63) is 58.1 Å². The van der Waals surface area contributed by atoms with Crippen LogP contribution < -0.4 is 10.0 Å². The number of nitrogens with one attached hydrogen (secondary N) is 2. The molecule has 33 heavy (non-hydrogen) atoms. The number of halogens is 1. The number of benzene rings is 2. The molecule has 2 fully saturated rings. The molecule has 4 rings (SSSR count). The molecule has 176 valence electrons. The van der Waals surface area contributed by atoms with E-state index in [1.165, 1.54) is 12.1 Å². The van der Waals surface area contributed by atoms with E-state index in [0.29, 0.717) is 48.0 Å². The second kappa shape index (κ2) is 9.32. The van der Waals surface area contributed by atoms with Crippen molar-refractivity contribution in [3.63, 3.8) is 0 Å². The molecular weight excluding hydrogens is 464 g/mol. The summed E-state index contributed by atoms with van der Waals surface area (Å²) in [7, 11) is -3.65. The Labute approximate surface area is 198 Å². The van der Waals surface area contributed by atoms with E-state index in [1.54, 1.807) is 34.9 Å². The smallest absolute Gasteiger partial charge is 0.321 e. The molecule has 1 aliphatic carbocycles. The van der Waals surface area contributed by atoms with Gasteiger partial charge in [-0.1, -0.05) is 23.7 Å². The van der Waals surface area contributed by atoms with Gasteiger partial charge in [-0.3, -0.25) is 4.79 Å². The minimum absolute atomic E-state index is 0.00869. The van der Waals surface area contributed by atoms with Gasteiger partial charge in [0.15, 0.2) is 0 Å². The third kappa shape index (κ3) is 5.48. The van der Waals surface area contributed by atoms with Gasteiger partial charge in [-0.05, 0) is 62.1 Å². The van der Waals surface area contributed by atoms with Gasteiger partial charge in [-0.15, -0.1) is 0 Å². The molecule has 8 nitrogen and oxygen atoms in total. The van der Waals surface area contributed by atoms with E-state index in [0.717, 1.165) is 18.4 Å². The molecule has 0 radical (unpaired) electrons. The summed E-state index contributed by atoms with van der Waals surface area (Å²) in [6, 6.07) is 9.70. The Morgan fingerprint density at radius 2 is 1.58 bits per heavy atom. The van der Waals surface area contributed by atoms with E-state index in [-0.39, 0.29) is 22.9 Å². The predicted octanol–water partition coefficient (Wildman–Crippen LogP) is 3.39. The van der Waals surface area contributed by atoms with Crippen LogP contribution in [0, 0.1) is 13.8 Å². The molecule has 2 N–H and O–H groups in total. The lowest BCUT2D eigenvalue weighted by Crippen LogP contribution is -2.51. The number of rotatable bonds is 5. The monoisotopic (exact) mass is 490 g/mol. The summed E-state index contributed by atoms with van der Waals surface area (Å²) in [6.07, 6.45) is 1.68. The first-order valence-electron chi connectivity index (χ1n) is 10.9. The van der Waals surface area contributed by atoms with E-state index < -0.39 is 10.0 Å². The summed E-state index contributed by atoms with van der Waals surface area (Å²) in [5.74, 6) is -0.235. The van der Waals surface area contributed by atoms with Crippen LogP contribution >= 0.6 is 11.6 Å². The normalized spacial score (nSPS) is 16.6. The molecule has 2 aromatic rings. The van der Waals surface area contributed by atoms with Gasteiger partial charge in [0.25, 0.3) is 5.91 Å². The highest BCUT2D eigenvalue weighted by Crippen LogP contribution is 2.24. The number of hydrogen-bond acceptors (Lipinski definition) is 4. The zero-order valence-electron chi connectivity index (χ0n) is 18.6. The third-order valence-corrected chi connectivity index (χ3v) is 7.85. The van der Waals surface area contributed by atoms with Crippen LogP contribution in [0.3, 0.4) is 0 Å². The number of amides is 3. The summed E-state index contributed by atoms with van der Waals surface area (Å²) < 4.78 is 27.8. The number of urea groups is 1. The van der Waals surface area contributed by atoms with E-state index in [1.807, 2.05) is 13.0 Å². The van der Waals surface area contributed by atoms with Crippen LogP contribution in [-0.4, -0.2) is 62.4 Å². The van der Waals surface area contributed by atoms with Crippen LogP contribution in [-0.2, 0) is 10.0 Å². The van der Waals surface area contributed by atoms with Crippen LogP contribution in [0.2, 0.25) is 5.02 Å².